The fourth-order valence-corrected chi connectivity index (χ4v) is 3.04. The van der Waals surface area contributed by atoms with Crippen molar-refractivity contribution in [3.8, 4) is 22.6 Å². The second-order valence-corrected chi connectivity index (χ2v) is 5.81. The largest absolute Gasteiger partial charge is 0.493 e. The van der Waals surface area contributed by atoms with Crippen molar-refractivity contribution in [3.63, 3.8) is 0 Å². The quantitative estimate of drug-likeness (QED) is 0.726. The predicted molar refractivity (Wildman–Crippen MR) is 97.7 cm³/mol. The summed E-state index contributed by atoms with van der Waals surface area (Å²) in [5.74, 6) is 1.28. The Hall–Kier alpha value is -3.02. The highest BCUT2D eigenvalue weighted by molar-refractivity contribution is 5.81. The van der Waals surface area contributed by atoms with Crippen LogP contribution in [0.1, 0.15) is 17.0 Å². The summed E-state index contributed by atoms with van der Waals surface area (Å²) in [4.78, 5) is 17.4. The molecule has 0 saturated heterocycles. The van der Waals surface area contributed by atoms with Crippen molar-refractivity contribution < 1.29 is 9.47 Å². The Balaban J connectivity index is 2.29. The lowest BCUT2D eigenvalue weighted by atomic mass is 10.1. The van der Waals surface area contributed by atoms with E-state index in [1.165, 1.54) is 4.52 Å². The van der Waals surface area contributed by atoms with Gasteiger partial charge < -0.3 is 9.47 Å². The highest BCUT2D eigenvalue weighted by Crippen LogP contribution is 2.34. The van der Waals surface area contributed by atoms with Crippen molar-refractivity contribution in [3.05, 3.63) is 58.2 Å². The van der Waals surface area contributed by atoms with Crippen LogP contribution in [0, 0.1) is 13.8 Å². The van der Waals surface area contributed by atoms with Crippen LogP contribution in [0.25, 0.3) is 16.8 Å². The number of aromatic nitrogens is 3. The van der Waals surface area contributed by atoms with Crippen LogP contribution < -0.4 is 15.0 Å². The average molecular weight is 339 g/mol. The van der Waals surface area contributed by atoms with Crippen molar-refractivity contribution in [2.45, 2.75) is 20.3 Å². The lowest BCUT2D eigenvalue weighted by Crippen LogP contribution is -2.21. The Labute approximate surface area is 145 Å². The number of aryl methyl sites for hydroxylation is 2. The first-order valence-corrected chi connectivity index (χ1v) is 7.95. The monoisotopic (exact) mass is 339 g/mol. The average Bonchev–Trinajstić information content (AvgIpc) is 2.94. The second kappa shape index (κ2) is 6.47. The number of nitrogens with zero attached hydrogens (tertiary/aromatic N) is 2. The zero-order valence-corrected chi connectivity index (χ0v) is 14.8. The first-order chi connectivity index (χ1) is 12.0. The molecule has 25 heavy (non-hydrogen) atoms. The van der Waals surface area contributed by atoms with E-state index >= 15 is 0 Å². The first-order valence-electron chi connectivity index (χ1n) is 7.95. The number of ether oxygens (including phenoxy) is 2. The van der Waals surface area contributed by atoms with Gasteiger partial charge in [0, 0.05) is 22.5 Å². The number of hydrogen-bond donors (Lipinski definition) is 1. The fraction of sp³-hybridized carbons (Fsp3) is 0.263. The summed E-state index contributed by atoms with van der Waals surface area (Å²) < 4.78 is 12.2. The number of H-pyrrole nitrogens is 1. The molecule has 0 saturated carbocycles. The molecule has 1 N–H and O–H groups in total. The molecule has 0 bridgehead atoms. The molecule has 2 heterocycles. The van der Waals surface area contributed by atoms with Gasteiger partial charge in [0.1, 0.15) is 0 Å². The molecule has 0 radical (unpaired) electrons. The molecule has 1 aromatic carbocycles. The van der Waals surface area contributed by atoms with Gasteiger partial charge in [-0.2, -0.15) is 0 Å². The molecule has 6 heteroatoms. The van der Waals surface area contributed by atoms with Gasteiger partial charge in [0.2, 0.25) is 0 Å². The van der Waals surface area contributed by atoms with Gasteiger partial charge in [0.05, 0.1) is 14.2 Å². The Kier molecular flexibility index (Phi) is 4.35. The maximum Gasteiger partial charge on any atom is 0.276 e. The minimum atomic E-state index is -0.0998. The SMILES string of the molecule is C=CCc1c(C)nc2c(-c3ccc(OC)c(OC)c3)c(C)[nH]n2c1=O. The molecule has 0 spiro atoms. The molecule has 0 unspecified atom stereocenters. The summed E-state index contributed by atoms with van der Waals surface area (Å²) in [6.45, 7) is 7.48. The van der Waals surface area contributed by atoms with Crippen molar-refractivity contribution in [1.29, 1.82) is 0 Å². The van der Waals surface area contributed by atoms with Gasteiger partial charge in [-0.15, -0.1) is 6.58 Å². The Morgan fingerprint density at radius 3 is 2.60 bits per heavy atom. The number of methoxy groups -OCH3 is 2. The van der Waals surface area contributed by atoms with Crippen molar-refractivity contribution in [2.75, 3.05) is 14.2 Å². The van der Waals surface area contributed by atoms with Gasteiger partial charge in [-0.1, -0.05) is 12.1 Å². The third kappa shape index (κ3) is 2.69. The summed E-state index contributed by atoms with van der Waals surface area (Å²) >= 11 is 0. The summed E-state index contributed by atoms with van der Waals surface area (Å²) in [6, 6.07) is 5.65. The maximum atomic E-state index is 12.8. The number of nitrogens with one attached hydrogen (secondary N) is 1. The fourth-order valence-electron chi connectivity index (χ4n) is 3.04. The Morgan fingerprint density at radius 2 is 1.96 bits per heavy atom. The number of fused-ring (bicyclic) bond motifs is 1. The lowest BCUT2D eigenvalue weighted by molar-refractivity contribution is 0.355. The standard InChI is InChI=1S/C19H21N3O3/c1-6-7-14-11(2)20-18-17(12(3)21-22(18)19(14)23)13-8-9-15(24-4)16(10-13)25-5/h6,8-10,21H,1,7H2,2-5H3. The van der Waals surface area contributed by atoms with Gasteiger partial charge in [-0.05, 0) is 38.0 Å². The van der Waals surface area contributed by atoms with Crippen molar-refractivity contribution in [2.24, 2.45) is 0 Å². The molecular formula is C19H21N3O3. The molecule has 0 aliphatic rings. The van der Waals surface area contributed by atoms with Crippen LogP contribution >= 0.6 is 0 Å². The van der Waals surface area contributed by atoms with Crippen LogP contribution in [-0.2, 0) is 6.42 Å². The lowest BCUT2D eigenvalue weighted by Gasteiger charge is -2.10. The van der Waals surface area contributed by atoms with E-state index in [0.717, 1.165) is 16.8 Å². The summed E-state index contributed by atoms with van der Waals surface area (Å²) in [5, 5.41) is 3.12. The van der Waals surface area contributed by atoms with E-state index in [9.17, 15) is 4.79 Å². The first kappa shape index (κ1) is 16.8. The number of allylic oxidation sites excluding steroid dienone is 1. The third-order valence-corrected chi connectivity index (χ3v) is 4.28. The number of rotatable bonds is 5. The van der Waals surface area contributed by atoms with Crippen LogP contribution in [0.15, 0.2) is 35.6 Å². The van der Waals surface area contributed by atoms with E-state index in [4.69, 9.17) is 9.47 Å². The molecule has 0 atom stereocenters. The number of hydrogen-bond acceptors (Lipinski definition) is 4. The summed E-state index contributed by atoms with van der Waals surface area (Å²) in [5.41, 5.74) is 4.48. The zero-order chi connectivity index (χ0) is 18.1. The molecule has 6 nitrogen and oxygen atoms in total. The Morgan fingerprint density at radius 1 is 1.24 bits per heavy atom. The van der Waals surface area contributed by atoms with E-state index in [0.29, 0.717) is 34.8 Å². The van der Waals surface area contributed by atoms with Crippen LogP contribution in [0.3, 0.4) is 0 Å². The molecule has 0 fully saturated rings. The van der Waals surface area contributed by atoms with E-state index in [1.54, 1.807) is 20.3 Å². The minimum Gasteiger partial charge on any atom is -0.493 e. The molecule has 0 aliphatic carbocycles. The zero-order valence-electron chi connectivity index (χ0n) is 14.8. The van der Waals surface area contributed by atoms with Crippen LogP contribution in [0.5, 0.6) is 11.5 Å². The van der Waals surface area contributed by atoms with Crippen molar-refractivity contribution in [1.82, 2.24) is 14.6 Å². The molecule has 3 rings (SSSR count). The normalized spacial score (nSPS) is 10.9. The molecular weight excluding hydrogens is 318 g/mol. The minimum absolute atomic E-state index is 0.0998. The summed E-state index contributed by atoms with van der Waals surface area (Å²) in [6.07, 6.45) is 2.20. The van der Waals surface area contributed by atoms with Gasteiger partial charge in [0.15, 0.2) is 17.1 Å². The van der Waals surface area contributed by atoms with Crippen LogP contribution in [0.2, 0.25) is 0 Å². The molecule has 130 valence electrons. The molecule has 0 amide bonds. The van der Waals surface area contributed by atoms with Gasteiger partial charge in [-0.3, -0.25) is 9.89 Å². The molecule has 0 aliphatic heterocycles. The predicted octanol–water partition coefficient (Wildman–Crippen LogP) is 3.05. The van der Waals surface area contributed by atoms with E-state index in [2.05, 4.69) is 16.7 Å². The topological polar surface area (TPSA) is 68.6 Å². The van der Waals surface area contributed by atoms with E-state index in [1.807, 2.05) is 32.0 Å². The second-order valence-electron chi connectivity index (χ2n) is 5.81. The third-order valence-electron chi connectivity index (χ3n) is 4.28. The van der Waals surface area contributed by atoms with Gasteiger partial charge >= 0.3 is 0 Å². The van der Waals surface area contributed by atoms with Crippen molar-refractivity contribution >= 4 is 5.65 Å². The van der Waals surface area contributed by atoms with Gasteiger partial charge in [0.25, 0.3) is 5.56 Å². The van der Waals surface area contributed by atoms with Gasteiger partial charge in [-0.25, -0.2) is 9.50 Å². The number of aromatic amines is 1. The maximum absolute atomic E-state index is 12.8. The molecule has 2 aromatic heterocycles. The van der Waals surface area contributed by atoms with E-state index in [-0.39, 0.29) is 5.56 Å². The molecule has 3 aromatic rings. The van der Waals surface area contributed by atoms with Crippen LogP contribution in [0.4, 0.5) is 0 Å². The van der Waals surface area contributed by atoms with E-state index < -0.39 is 0 Å². The van der Waals surface area contributed by atoms with Crippen LogP contribution in [-0.4, -0.2) is 28.8 Å². The highest BCUT2D eigenvalue weighted by Gasteiger charge is 2.18. The Bertz CT molecular complexity index is 1010. The number of benzene rings is 1. The summed E-state index contributed by atoms with van der Waals surface area (Å²) in [7, 11) is 3.19. The highest BCUT2D eigenvalue weighted by atomic mass is 16.5. The smallest absolute Gasteiger partial charge is 0.276 e.